The quantitative estimate of drug-likeness (QED) is 0.581. The second-order valence-electron chi connectivity index (χ2n) is 5.92. The van der Waals surface area contributed by atoms with E-state index in [1.54, 1.807) is 7.11 Å². The molecule has 7 heteroatoms. The molecule has 0 aliphatic carbocycles. The molecule has 0 spiro atoms. The summed E-state index contributed by atoms with van der Waals surface area (Å²) in [5.74, 6) is 0.782. The van der Waals surface area contributed by atoms with Crippen LogP contribution in [0.2, 0.25) is 0 Å². The van der Waals surface area contributed by atoms with Gasteiger partial charge >= 0.3 is 0 Å². The van der Waals surface area contributed by atoms with E-state index in [1.165, 1.54) is 21.8 Å². The zero-order chi connectivity index (χ0) is 18.4. The monoisotopic (exact) mass is 387 g/mol. The minimum atomic E-state index is 0.744. The highest BCUT2D eigenvalue weighted by molar-refractivity contribution is 7.73. The van der Waals surface area contributed by atoms with Gasteiger partial charge in [-0.1, -0.05) is 53.8 Å². The molecule has 0 fully saturated rings. The molecule has 0 aliphatic heterocycles. The van der Waals surface area contributed by atoms with Crippen molar-refractivity contribution in [1.82, 2.24) is 9.78 Å². The summed E-state index contributed by atoms with van der Waals surface area (Å²) in [6.45, 7) is 4.88. The molecule has 0 saturated carbocycles. The SMILES string of the molecule is CC[NH+](Cc1ccccc1)Cn1nc(Nc2ccccc2OC)sc1=S. The highest BCUT2D eigenvalue weighted by Crippen LogP contribution is 2.28. The first-order chi connectivity index (χ1) is 12.7. The first-order valence-electron chi connectivity index (χ1n) is 8.55. The van der Waals surface area contributed by atoms with E-state index in [4.69, 9.17) is 17.0 Å². The lowest BCUT2D eigenvalue weighted by Crippen LogP contribution is -3.09. The van der Waals surface area contributed by atoms with E-state index in [0.29, 0.717) is 0 Å². The summed E-state index contributed by atoms with van der Waals surface area (Å²) in [6, 6.07) is 18.3. The number of ether oxygens (including phenoxy) is 1. The number of nitrogens with one attached hydrogen (secondary N) is 2. The molecule has 0 aliphatic rings. The molecule has 2 N–H and O–H groups in total. The molecule has 26 heavy (non-hydrogen) atoms. The first kappa shape index (κ1) is 18.6. The van der Waals surface area contributed by atoms with Gasteiger partial charge in [-0.2, -0.15) is 4.68 Å². The molecule has 5 nitrogen and oxygen atoms in total. The Morgan fingerprint density at radius 1 is 1.15 bits per heavy atom. The van der Waals surface area contributed by atoms with Crippen LogP contribution in [0.15, 0.2) is 54.6 Å². The summed E-state index contributed by atoms with van der Waals surface area (Å²) in [4.78, 5) is 1.40. The maximum absolute atomic E-state index is 5.52. The Morgan fingerprint density at radius 3 is 2.62 bits per heavy atom. The van der Waals surface area contributed by atoms with Crippen LogP contribution in [-0.4, -0.2) is 23.4 Å². The predicted octanol–water partition coefficient (Wildman–Crippen LogP) is 3.49. The second-order valence-corrected chi connectivity index (χ2v) is 7.54. The number of quaternary nitrogens is 1. The van der Waals surface area contributed by atoms with Gasteiger partial charge in [0.05, 0.1) is 19.3 Å². The van der Waals surface area contributed by atoms with Crippen molar-refractivity contribution in [3.8, 4) is 5.75 Å². The van der Waals surface area contributed by atoms with E-state index in [0.717, 1.165) is 40.3 Å². The van der Waals surface area contributed by atoms with Crippen LogP contribution in [0.4, 0.5) is 10.8 Å². The summed E-state index contributed by atoms with van der Waals surface area (Å²) in [7, 11) is 1.66. The predicted molar refractivity (Wildman–Crippen MR) is 109 cm³/mol. The number of anilines is 2. The number of aromatic nitrogens is 2. The zero-order valence-electron chi connectivity index (χ0n) is 14.9. The van der Waals surface area contributed by atoms with Crippen LogP contribution in [0.3, 0.4) is 0 Å². The van der Waals surface area contributed by atoms with Crippen LogP contribution >= 0.6 is 23.6 Å². The van der Waals surface area contributed by atoms with Crippen molar-refractivity contribution in [3.63, 3.8) is 0 Å². The number of hydrogen-bond donors (Lipinski definition) is 2. The number of nitrogens with zero attached hydrogens (tertiary/aromatic N) is 2. The summed E-state index contributed by atoms with van der Waals surface area (Å²) >= 11 is 6.99. The van der Waals surface area contributed by atoms with Gasteiger partial charge in [-0.15, -0.1) is 5.10 Å². The smallest absolute Gasteiger partial charge is 0.209 e. The maximum atomic E-state index is 5.52. The van der Waals surface area contributed by atoms with E-state index in [-0.39, 0.29) is 0 Å². The van der Waals surface area contributed by atoms with Gasteiger partial charge in [0.15, 0.2) is 10.6 Å². The molecule has 0 saturated heterocycles. The summed E-state index contributed by atoms with van der Waals surface area (Å²) in [5, 5.41) is 8.74. The molecule has 3 aromatic rings. The maximum Gasteiger partial charge on any atom is 0.209 e. The molecule has 1 unspecified atom stereocenters. The van der Waals surface area contributed by atoms with Gasteiger partial charge in [0.1, 0.15) is 12.3 Å². The van der Waals surface area contributed by atoms with Crippen LogP contribution in [0, 0.1) is 3.95 Å². The average Bonchev–Trinajstić information content (AvgIpc) is 3.01. The van der Waals surface area contributed by atoms with Crippen LogP contribution in [-0.2, 0) is 13.2 Å². The lowest BCUT2D eigenvalue weighted by atomic mass is 10.2. The van der Waals surface area contributed by atoms with E-state index in [1.807, 2.05) is 35.0 Å². The highest BCUT2D eigenvalue weighted by Gasteiger charge is 2.12. The highest BCUT2D eigenvalue weighted by atomic mass is 32.1. The van der Waals surface area contributed by atoms with Crippen molar-refractivity contribution >= 4 is 34.4 Å². The Hall–Kier alpha value is -2.22. The molecular formula is C19H23N4OS2+. The minimum Gasteiger partial charge on any atom is -0.495 e. The summed E-state index contributed by atoms with van der Waals surface area (Å²) in [6.07, 6.45) is 0. The normalized spacial score (nSPS) is 11.9. The Morgan fingerprint density at radius 2 is 1.88 bits per heavy atom. The van der Waals surface area contributed by atoms with Crippen molar-refractivity contribution in [2.24, 2.45) is 0 Å². The standard InChI is InChI=1S/C19H22N4OS2/c1-3-22(13-15-9-5-4-6-10-15)14-23-19(25)26-18(21-23)20-16-11-7-8-12-17(16)24-2/h4-12H,3,13-14H2,1-2H3,(H,20,21)/p+1. The molecule has 1 heterocycles. The van der Waals surface area contributed by atoms with Crippen molar-refractivity contribution in [3.05, 3.63) is 64.1 Å². The van der Waals surface area contributed by atoms with Gasteiger partial charge in [-0.3, -0.25) is 0 Å². The third-order valence-electron chi connectivity index (χ3n) is 4.13. The molecule has 1 atom stereocenters. The Balaban J connectivity index is 1.72. The third kappa shape index (κ3) is 4.69. The van der Waals surface area contributed by atoms with E-state index < -0.39 is 0 Å². The molecule has 0 bridgehead atoms. The third-order valence-corrected chi connectivity index (χ3v) is 5.35. The van der Waals surface area contributed by atoms with Crippen LogP contribution < -0.4 is 15.0 Å². The van der Waals surface area contributed by atoms with Crippen LogP contribution in [0.25, 0.3) is 0 Å². The lowest BCUT2D eigenvalue weighted by Gasteiger charge is -2.17. The fraction of sp³-hybridized carbons (Fsp3) is 0.263. The number of para-hydroxylation sites is 2. The lowest BCUT2D eigenvalue weighted by molar-refractivity contribution is -0.935. The fourth-order valence-corrected chi connectivity index (χ4v) is 3.73. The Bertz CT molecular complexity index is 892. The van der Waals surface area contributed by atoms with E-state index in [2.05, 4.69) is 41.6 Å². The number of hydrogen-bond acceptors (Lipinski definition) is 5. The second kappa shape index (κ2) is 8.93. The molecule has 3 rings (SSSR count). The average molecular weight is 388 g/mol. The van der Waals surface area contributed by atoms with E-state index >= 15 is 0 Å². The minimum absolute atomic E-state index is 0.744. The number of methoxy groups -OCH3 is 1. The van der Waals surface area contributed by atoms with Crippen molar-refractivity contribution < 1.29 is 9.64 Å². The number of benzene rings is 2. The Kier molecular flexibility index (Phi) is 6.38. The molecule has 0 amide bonds. The van der Waals surface area contributed by atoms with Crippen molar-refractivity contribution in [2.75, 3.05) is 19.0 Å². The molecule has 2 aromatic carbocycles. The van der Waals surface area contributed by atoms with Gasteiger partial charge in [-0.05, 0) is 31.3 Å². The topological polar surface area (TPSA) is 43.5 Å². The summed E-state index contributed by atoms with van der Waals surface area (Å²) < 4.78 is 8.05. The van der Waals surface area contributed by atoms with Crippen molar-refractivity contribution in [2.45, 2.75) is 20.1 Å². The van der Waals surface area contributed by atoms with Gasteiger partial charge in [0.2, 0.25) is 5.13 Å². The zero-order valence-corrected chi connectivity index (χ0v) is 16.6. The Labute approximate surface area is 162 Å². The molecule has 0 radical (unpaired) electrons. The van der Waals surface area contributed by atoms with Gasteiger partial charge in [0.25, 0.3) is 0 Å². The molecule has 136 valence electrons. The van der Waals surface area contributed by atoms with Gasteiger partial charge in [-0.25, -0.2) is 0 Å². The van der Waals surface area contributed by atoms with Crippen LogP contribution in [0.1, 0.15) is 12.5 Å². The molecular weight excluding hydrogens is 364 g/mol. The largest absolute Gasteiger partial charge is 0.495 e. The summed E-state index contributed by atoms with van der Waals surface area (Å²) in [5.41, 5.74) is 2.20. The first-order valence-corrected chi connectivity index (χ1v) is 9.77. The van der Waals surface area contributed by atoms with Gasteiger partial charge < -0.3 is 15.0 Å². The van der Waals surface area contributed by atoms with Crippen LogP contribution in [0.5, 0.6) is 5.75 Å². The molecule has 1 aromatic heterocycles. The number of rotatable bonds is 8. The van der Waals surface area contributed by atoms with E-state index in [9.17, 15) is 0 Å². The van der Waals surface area contributed by atoms with Gasteiger partial charge in [0, 0.05) is 5.56 Å². The fourth-order valence-electron chi connectivity index (χ4n) is 2.71. The van der Waals surface area contributed by atoms with Crippen molar-refractivity contribution in [1.29, 1.82) is 0 Å².